The van der Waals surface area contributed by atoms with Gasteiger partial charge in [-0.3, -0.25) is 14.3 Å². The van der Waals surface area contributed by atoms with E-state index < -0.39 is 5.69 Å². The number of aryl methyl sites for hydroxylation is 3. The minimum Gasteiger partial charge on any atom is -0.393 e. The van der Waals surface area contributed by atoms with Gasteiger partial charge < -0.3 is 9.67 Å². The van der Waals surface area contributed by atoms with Gasteiger partial charge >= 0.3 is 5.69 Å². The second-order valence-electron chi connectivity index (χ2n) is 5.76. The molecule has 0 spiro atoms. The molecule has 1 atom stereocenters. The molecular weight excluding hydrogens is 284 g/mol. The maximum absolute atomic E-state index is 12.1. The summed E-state index contributed by atoms with van der Waals surface area (Å²) in [5.74, 6) is 0.828. The predicted molar refractivity (Wildman–Crippen MR) is 85.1 cm³/mol. The van der Waals surface area contributed by atoms with Crippen LogP contribution in [0.3, 0.4) is 0 Å². The first kappa shape index (κ1) is 16.5. The van der Waals surface area contributed by atoms with Crippen LogP contribution in [0.5, 0.6) is 0 Å². The summed E-state index contributed by atoms with van der Waals surface area (Å²) in [4.78, 5) is 30.7. The molecule has 7 heteroatoms. The van der Waals surface area contributed by atoms with Crippen LogP contribution in [0.4, 0.5) is 0 Å². The Morgan fingerprint density at radius 2 is 2.05 bits per heavy atom. The van der Waals surface area contributed by atoms with Crippen LogP contribution in [0, 0.1) is 0 Å². The molecule has 2 rings (SSSR count). The zero-order valence-electron chi connectivity index (χ0n) is 13.4. The maximum Gasteiger partial charge on any atom is 0.329 e. The smallest absolute Gasteiger partial charge is 0.329 e. The molecule has 2 heterocycles. The van der Waals surface area contributed by atoms with Crippen molar-refractivity contribution >= 4 is 11.2 Å². The number of aromatic nitrogens is 4. The van der Waals surface area contributed by atoms with Crippen molar-refractivity contribution in [2.75, 3.05) is 0 Å². The van der Waals surface area contributed by atoms with Gasteiger partial charge in [-0.05, 0) is 26.2 Å². The van der Waals surface area contributed by atoms with Crippen molar-refractivity contribution in [3.8, 4) is 0 Å². The normalized spacial score (nSPS) is 12.9. The van der Waals surface area contributed by atoms with Crippen molar-refractivity contribution in [2.24, 2.45) is 7.05 Å². The summed E-state index contributed by atoms with van der Waals surface area (Å²) in [6, 6.07) is 0. The molecule has 0 unspecified atom stereocenters. The van der Waals surface area contributed by atoms with Gasteiger partial charge in [0.25, 0.3) is 5.56 Å². The predicted octanol–water partition coefficient (Wildman–Crippen LogP) is 0.927. The van der Waals surface area contributed by atoms with Crippen LogP contribution < -0.4 is 11.2 Å². The third-order valence-corrected chi connectivity index (χ3v) is 3.81. The van der Waals surface area contributed by atoms with Crippen LogP contribution in [0.25, 0.3) is 11.2 Å². The van der Waals surface area contributed by atoms with E-state index in [1.165, 1.54) is 4.57 Å². The van der Waals surface area contributed by atoms with E-state index in [9.17, 15) is 14.7 Å². The molecule has 0 aromatic carbocycles. The lowest BCUT2D eigenvalue weighted by Crippen LogP contribution is -2.29. The maximum atomic E-state index is 12.1. The van der Waals surface area contributed by atoms with Gasteiger partial charge in [-0.1, -0.05) is 13.3 Å². The van der Waals surface area contributed by atoms with E-state index in [-0.39, 0.29) is 11.7 Å². The SMILES string of the molecule is CCCn1c(CCCC[C@H](C)O)nc2c1c(=O)[nH]c(=O)n2C. The molecule has 122 valence electrons. The van der Waals surface area contributed by atoms with E-state index >= 15 is 0 Å². The van der Waals surface area contributed by atoms with Crippen molar-refractivity contribution in [3.05, 3.63) is 26.7 Å². The molecule has 0 fully saturated rings. The number of fused-ring (bicyclic) bond motifs is 1. The highest BCUT2D eigenvalue weighted by Gasteiger charge is 2.16. The van der Waals surface area contributed by atoms with Gasteiger partial charge in [0.15, 0.2) is 11.2 Å². The molecule has 0 aliphatic rings. The lowest BCUT2D eigenvalue weighted by molar-refractivity contribution is 0.180. The molecule has 2 aromatic heterocycles. The Hall–Kier alpha value is -1.89. The van der Waals surface area contributed by atoms with E-state index in [1.54, 1.807) is 14.0 Å². The lowest BCUT2D eigenvalue weighted by atomic mass is 10.1. The zero-order valence-corrected chi connectivity index (χ0v) is 13.4. The molecule has 0 saturated heterocycles. The van der Waals surface area contributed by atoms with Gasteiger partial charge in [0.1, 0.15) is 5.82 Å². The van der Waals surface area contributed by atoms with Gasteiger partial charge in [0.2, 0.25) is 0 Å². The Balaban J connectivity index is 2.39. The first-order chi connectivity index (χ1) is 10.5. The minimum atomic E-state index is -0.445. The molecule has 0 aliphatic carbocycles. The number of hydrogen-bond donors (Lipinski definition) is 2. The average molecular weight is 308 g/mol. The van der Waals surface area contributed by atoms with Crippen molar-refractivity contribution in [3.63, 3.8) is 0 Å². The molecule has 2 aromatic rings. The molecule has 22 heavy (non-hydrogen) atoms. The summed E-state index contributed by atoms with van der Waals surface area (Å²) >= 11 is 0. The fraction of sp³-hybridized carbons (Fsp3) is 0.667. The fourth-order valence-corrected chi connectivity index (χ4v) is 2.66. The highest BCUT2D eigenvalue weighted by Crippen LogP contribution is 2.14. The largest absolute Gasteiger partial charge is 0.393 e. The van der Waals surface area contributed by atoms with Crippen LogP contribution in [-0.4, -0.2) is 30.3 Å². The molecule has 2 N–H and O–H groups in total. The minimum absolute atomic E-state index is 0.293. The quantitative estimate of drug-likeness (QED) is 0.744. The number of aliphatic hydroxyl groups excluding tert-OH is 1. The Kier molecular flexibility index (Phi) is 5.18. The summed E-state index contributed by atoms with van der Waals surface area (Å²) in [7, 11) is 1.61. The molecule has 0 saturated carbocycles. The molecular formula is C15H24N4O3. The summed E-state index contributed by atoms with van der Waals surface area (Å²) in [5, 5.41) is 9.30. The number of hydrogen-bond acceptors (Lipinski definition) is 4. The first-order valence-electron chi connectivity index (χ1n) is 7.82. The number of imidazole rings is 1. The highest BCUT2D eigenvalue weighted by molar-refractivity contribution is 5.70. The standard InChI is InChI=1S/C15H24N4O3/c1-4-9-19-11(8-6-5-7-10(2)20)16-13-12(19)14(21)17-15(22)18(13)3/h10,20H,4-9H2,1-3H3,(H,17,21,22)/t10-/m0/s1. The Morgan fingerprint density at radius 3 is 2.68 bits per heavy atom. The Morgan fingerprint density at radius 1 is 1.32 bits per heavy atom. The Labute approximate surface area is 128 Å². The van der Waals surface area contributed by atoms with E-state index in [1.807, 2.05) is 11.5 Å². The van der Waals surface area contributed by atoms with E-state index in [4.69, 9.17) is 0 Å². The van der Waals surface area contributed by atoms with E-state index in [0.29, 0.717) is 17.7 Å². The van der Waals surface area contributed by atoms with Crippen LogP contribution in [0.1, 0.15) is 45.4 Å². The molecule has 0 bridgehead atoms. The monoisotopic (exact) mass is 308 g/mol. The fourth-order valence-electron chi connectivity index (χ4n) is 2.66. The first-order valence-corrected chi connectivity index (χ1v) is 7.82. The van der Waals surface area contributed by atoms with Crippen LogP contribution in [0.15, 0.2) is 9.59 Å². The lowest BCUT2D eigenvalue weighted by Gasteiger charge is -2.07. The number of H-pyrrole nitrogens is 1. The number of nitrogens with one attached hydrogen (secondary N) is 1. The van der Waals surface area contributed by atoms with Gasteiger partial charge in [-0.15, -0.1) is 0 Å². The topological polar surface area (TPSA) is 92.9 Å². The zero-order chi connectivity index (χ0) is 16.3. The number of aromatic amines is 1. The second-order valence-corrected chi connectivity index (χ2v) is 5.76. The second kappa shape index (κ2) is 6.91. The molecule has 0 aliphatic heterocycles. The van der Waals surface area contributed by atoms with Gasteiger partial charge in [-0.2, -0.15) is 0 Å². The van der Waals surface area contributed by atoms with Crippen molar-refractivity contribution in [1.82, 2.24) is 19.1 Å². The van der Waals surface area contributed by atoms with Gasteiger partial charge in [0, 0.05) is 20.0 Å². The van der Waals surface area contributed by atoms with Gasteiger partial charge in [0.05, 0.1) is 6.10 Å². The number of unbranched alkanes of at least 4 members (excludes halogenated alkanes) is 1. The van der Waals surface area contributed by atoms with Crippen LogP contribution >= 0.6 is 0 Å². The third kappa shape index (κ3) is 3.30. The van der Waals surface area contributed by atoms with Gasteiger partial charge in [-0.25, -0.2) is 9.78 Å². The van der Waals surface area contributed by atoms with Crippen molar-refractivity contribution in [2.45, 2.75) is 58.6 Å². The average Bonchev–Trinajstić information content (AvgIpc) is 2.81. The van der Waals surface area contributed by atoms with Crippen LogP contribution in [0.2, 0.25) is 0 Å². The molecule has 0 amide bonds. The van der Waals surface area contributed by atoms with Crippen LogP contribution in [-0.2, 0) is 20.0 Å². The number of rotatable bonds is 7. The summed E-state index contributed by atoms with van der Waals surface area (Å²) in [6.07, 6.45) is 3.88. The van der Waals surface area contributed by atoms with E-state index in [2.05, 4.69) is 9.97 Å². The number of nitrogens with zero attached hydrogens (tertiary/aromatic N) is 3. The van der Waals surface area contributed by atoms with Crippen molar-refractivity contribution in [1.29, 1.82) is 0 Å². The summed E-state index contributed by atoms with van der Waals surface area (Å²) in [5.41, 5.74) is 0.0794. The Bertz CT molecular complexity index is 754. The highest BCUT2D eigenvalue weighted by atomic mass is 16.3. The third-order valence-electron chi connectivity index (χ3n) is 3.81. The molecule has 0 radical (unpaired) electrons. The number of aliphatic hydroxyl groups is 1. The van der Waals surface area contributed by atoms with E-state index in [0.717, 1.165) is 37.9 Å². The summed E-state index contributed by atoms with van der Waals surface area (Å²) in [6.45, 7) is 4.52. The molecule has 7 nitrogen and oxygen atoms in total. The summed E-state index contributed by atoms with van der Waals surface area (Å²) < 4.78 is 3.29. The van der Waals surface area contributed by atoms with Crippen molar-refractivity contribution < 1.29 is 5.11 Å².